The molecule has 4 nitrogen and oxygen atoms in total. The number of ether oxygens (including phenoxy) is 1. The van der Waals surface area contributed by atoms with Gasteiger partial charge in [-0.2, -0.15) is 0 Å². The van der Waals surface area contributed by atoms with Gasteiger partial charge in [-0.3, -0.25) is 4.90 Å². The van der Waals surface area contributed by atoms with Crippen molar-refractivity contribution in [2.45, 2.75) is 26.0 Å². The first kappa shape index (κ1) is 13.2. The minimum atomic E-state index is -0.219. The number of aliphatic hydroxyl groups excluding tert-OH is 1. The van der Waals surface area contributed by atoms with Gasteiger partial charge in [0.05, 0.1) is 13.2 Å². The number of nitrogens with two attached hydrogens (primary N) is 1. The third kappa shape index (κ3) is 2.94. The fourth-order valence-corrected chi connectivity index (χ4v) is 2.53. The van der Waals surface area contributed by atoms with Gasteiger partial charge in [-0.25, -0.2) is 0 Å². The number of nitrogen functional groups attached to an aromatic ring is 1. The first-order valence-corrected chi connectivity index (χ1v) is 6.43. The molecule has 1 aliphatic heterocycles. The molecule has 0 aliphatic carbocycles. The summed E-state index contributed by atoms with van der Waals surface area (Å²) in [7, 11) is 1.67. The molecule has 100 valence electrons. The van der Waals surface area contributed by atoms with Crippen LogP contribution in [0, 0.1) is 5.92 Å². The zero-order valence-electron chi connectivity index (χ0n) is 11.1. The summed E-state index contributed by atoms with van der Waals surface area (Å²) < 4.78 is 5.35. The Hall–Kier alpha value is -1.26. The SMILES string of the molecule is COc1cc(N)ccc1CN1CCC(C(C)O)C1. The van der Waals surface area contributed by atoms with Crippen molar-refractivity contribution < 1.29 is 9.84 Å². The summed E-state index contributed by atoms with van der Waals surface area (Å²) >= 11 is 0. The second kappa shape index (κ2) is 5.59. The van der Waals surface area contributed by atoms with Gasteiger partial charge in [0.25, 0.3) is 0 Å². The Kier molecular flexibility index (Phi) is 4.09. The van der Waals surface area contributed by atoms with Crippen LogP contribution in [0.25, 0.3) is 0 Å². The highest BCUT2D eigenvalue weighted by Crippen LogP contribution is 2.26. The Bertz CT molecular complexity index is 407. The normalized spacial score (nSPS) is 22.1. The predicted octanol–water partition coefficient (Wildman–Crippen LogP) is 1.48. The quantitative estimate of drug-likeness (QED) is 0.795. The maximum Gasteiger partial charge on any atom is 0.125 e. The Morgan fingerprint density at radius 1 is 1.56 bits per heavy atom. The van der Waals surface area contributed by atoms with Crippen molar-refractivity contribution >= 4 is 5.69 Å². The first-order valence-electron chi connectivity index (χ1n) is 6.43. The Morgan fingerprint density at radius 2 is 2.33 bits per heavy atom. The van der Waals surface area contributed by atoms with E-state index in [4.69, 9.17) is 10.5 Å². The average Bonchev–Trinajstić information content (AvgIpc) is 2.80. The van der Waals surface area contributed by atoms with E-state index in [9.17, 15) is 5.11 Å². The highest BCUT2D eigenvalue weighted by Gasteiger charge is 2.26. The van der Waals surface area contributed by atoms with Gasteiger partial charge < -0.3 is 15.6 Å². The lowest BCUT2D eigenvalue weighted by atomic mass is 10.0. The molecule has 0 bridgehead atoms. The number of benzene rings is 1. The summed E-state index contributed by atoms with van der Waals surface area (Å²) in [6.45, 7) is 4.71. The maximum atomic E-state index is 9.61. The summed E-state index contributed by atoms with van der Waals surface area (Å²) in [6, 6.07) is 5.78. The third-order valence-electron chi connectivity index (χ3n) is 3.70. The summed E-state index contributed by atoms with van der Waals surface area (Å²) in [5.41, 5.74) is 7.62. The van der Waals surface area contributed by atoms with E-state index in [2.05, 4.69) is 4.90 Å². The van der Waals surface area contributed by atoms with Crippen LogP contribution in [0.2, 0.25) is 0 Å². The number of hydrogen-bond donors (Lipinski definition) is 2. The average molecular weight is 250 g/mol. The molecule has 0 aromatic heterocycles. The smallest absolute Gasteiger partial charge is 0.125 e. The summed E-state index contributed by atoms with van der Waals surface area (Å²) in [5.74, 6) is 1.24. The second-order valence-electron chi connectivity index (χ2n) is 5.10. The highest BCUT2D eigenvalue weighted by atomic mass is 16.5. The van der Waals surface area contributed by atoms with Crippen molar-refractivity contribution in [1.82, 2.24) is 4.90 Å². The van der Waals surface area contributed by atoms with E-state index in [-0.39, 0.29) is 6.10 Å². The van der Waals surface area contributed by atoms with Crippen molar-refractivity contribution in [3.63, 3.8) is 0 Å². The fourth-order valence-electron chi connectivity index (χ4n) is 2.53. The Balaban J connectivity index is 2.02. The molecule has 1 heterocycles. The molecule has 1 saturated heterocycles. The van der Waals surface area contributed by atoms with Crippen LogP contribution in [0.3, 0.4) is 0 Å². The summed E-state index contributed by atoms with van der Waals surface area (Å²) in [6.07, 6.45) is 0.845. The number of anilines is 1. The van der Waals surface area contributed by atoms with Crippen LogP contribution in [0.15, 0.2) is 18.2 Å². The van der Waals surface area contributed by atoms with Crippen LogP contribution in [0.1, 0.15) is 18.9 Å². The van der Waals surface area contributed by atoms with Crippen LogP contribution >= 0.6 is 0 Å². The number of aliphatic hydroxyl groups is 1. The lowest BCUT2D eigenvalue weighted by Crippen LogP contribution is -2.24. The van der Waals surface area contributed by atoms with Crippen molar-refractivity contribution in [2.75, 3.05) is 25.9 Å². The molecular formula is C14H22N2O2. The molecule has 18 heavy (non-hydrogen) atoms. The number of methoxy groups -OCH3 is 1. The van der Waals surface area contributed by atoms with Crippen LogP contribution in [0.5, 0.6) is 5.75 Å². The lowest BCUT2D eigenvalue weighted by Gasteiger charge is -2.19. The van der Waals surface area contributed by atoms with Gasteiger partial charge in [-0.15, -0.1) is 0 Å². The molecule has 3 N–H and O–H groups in total. The van der Waals surface area contributed by atoms with E-state index in [1.807, 2.05) is 25.1 Å². The van der Waals surface area contributed by atoms with E-state index in [1.165, 1.54) is 0 Å². The monoisotopic (exact) mass is 250 g/mol. The van der Waals surface area contributed by atoms with Crippen LogP contribution in [-0.2, 0) is 6.54 Å². The molecule has 1 aromatic rings. The molecule has 1 aromatic carbocycles. The molecule has 0 spiro atoms. The van der Waals surface area contributed by atoms with Crippen molar-refractivity contribution in [1.29, 1.82) is 0 Å². The number of hydrogen-bond acceptors (Lipinski definition) is 4. The summed E-state index contributed by atoms with van der Waals surface area (Å²) in [5, 5.41) is 9.61. The molecule has 2 unspecified atom stereocenters. The standard InChI is InChI=1S/C14H22N2O2/c1-10(17)11-5-6-16(8-11)9-12-3-4-13(15)7-14(12)18-2/h3-4,7,10-11,17H,5-6,8-9,15H2,1-2H3. The van der Waals surface area contributed by atoms with Crippen LogP contribution < -0.4 is 10.5 Å². The van der Waals surface area contributed by atoms with Gasteiger partial charge in [0.15, 0.2) is 0 Å². The topological polar surface area (TPSA) is 58.7 Å². The van der Waals surface area contributed by atoms with E-state index in [0.717, 1.165) is 43.1 Å². The predicted molar refractivity (Wildman–Crippen MR) is 72.5 cm³/mol. The van der Waals surface area contributed by atoms with Gasteiger partial charge in [0.1, 0.15) is 5.75 Å². The highest BCUT2D eigenvalue weighted by molar-refractivity contribution is 5.48. The fraction of sp³-hybridized carbons (Fsp3) is 0.571. The van der Waals surface area contributed by atoms with Crippen molar-refractivity contribution in [2.24, 2.45) is 5.92 Å². The minimum Gasteiger partial charge on any atom is -0.496 e. The number of rotatable bonds is 4. The first-order chi connectivity index (χ1) is 8.60. The van der Waals surface area contributed by atoms with E-state index < -0.39 is 0 Å². The molecule has 4 heteroatoms. The maximum absolute atomic E-state index is 9.61. The Labute approximate surface area is 108 Å². The van der Waals surface area contributed by atoms with Crippen LogP contribution in [0.4, 0.5) is 5.69 Å². The van der Waals surface area contributed by atoms with Crippen molar-refractivity contribution in [3.8, 4) is 5.75 Å². The number of nitrogens with zero attached hydrogens (tertiary/aromatic N) is 1. The van der Waals surface area contributed by atoms with E-state index in [0.29, 0.717) is 5.92 Å². The van der Waals surface area contributed by atoms with Crippen molar-refractivity contribution in [3.05, 3.63) is 23.8 Å². The molecule has 2 atom stereocenters. The Morgan fingerprint density at radius 3 is 2.94 bits per heavy atom. The molecule has 0 amide bonds. The van der Waals surface area contributed by atoms with E-state index in [1.54, 1.807) is 7.11 Å². The third-order valence-corrected chi connectivity index (χ3v) is 3.70. The molecule has 0 saturated carbocycles. The minimum absolute atomic E-state index is 0.219. The largest absolute Gasteiger partial charge is 0.496 e. The molecule has 1 fully saturated rings. The van der Waals surface area contributed by atoms with Gasteiger partial charge in [0, 0.05) is 30.4 Å². The summed E-state index contributed by atoms with van der Waals surface area (Å²) in [4.78, 5) is 2.35. The lowest BCUT2D eigenvalue weighted by molar-refractivity contribution is 0.127. The van der Waals surface area contributed by atoms with E-state index >= 15 is 0 Å². The zero-order valence-corrected chi connectivity index (χ0v) is 11.1. The molecule has 0 radical (unpaired) electrons. The number of likely N-dealkylation sites (tertiary alicyclic amines) is 1. The van der Waals surface area contributed by atoms with Gasteiger partial charge >= 0.3 is 0 Å². The van der Waals surface area contributed by atoms with Gasteiger partial charge in [-0.1, -0.05) is 6.07 Å². The van der Waals surface area contributed by atoms with Crippen LogP contribution in [-0.4, -0.2) is 36.3 Å². The van der Waals surface area contributed by atoms with Gasteiger partial charge in [-0.05, 0) is 31.9 Å². The molecular weight excluding hydrogens is 228 g/mol. The molecule has 2 rings (SSSR count). The van der Waals surface area contributed by atoms with Gasteiger partial charge in [0.2, 0.25) is 0 Å². The second-order valence-corrected chi connectivity index (χ2v) is 5.10. The zero-order chi connectivity index (χ0) is 13.1. The molecule has 1 aliphatic rings.